The summed E-state index contributed by atoms with van der Waals surface area (Å²) in [6, 6.07) is 1.63. The van der Waals surface area contributed by atoms with Gasteiger partial charge >= 0.3 is 0 Å². The maximum Gasteiger partial charge on any atom is 0.141 e. The molecule has 15 heavy (non-hydrogen) atoms. The first-order chi connectivity index (χ1) is 6.86. The molecule has 0 radical (unpaired) electrons. The van der Waals surface area contributed by atoms with E-state index in [0.717, 1.165) is 17.7 Å². The first kappa shape index (κ1) is 12.2. The van der Waals surface area contributed by atoms with Gasteiger partial charge in [0.25, 0.3) is 0 Å². The van der Waals surface area contributed by atoms with E-state index in [1.54, 1.807) is 6.07 Å². The number of pyridine rings is 1. The highest BCUT2D eigenvalue weighted by Crippen LogP contribution is 2.30. The van der Waals surface area contributed by atoms with E-state index in [-0.39, 0.29) is 11.2 Å². The average Bonchev–Trinajstić information content (AvgIpc) is 2.14. The number of hydrogen-bond acceptors (Lipinski definition) is 1. The van der Waals surface area contributed by atoms with Crippen LogP contribution in [0.1, 0.15) is 58.2 Å². The first-order valence-electron chi connectivity index (χ1n) is 5.52. The quantitative estimate of drug-likeness (QED) is 0.716. The zero-order valence-corrected chi connectivity index (χ0v) is 10.3. The van der Waals surface area contributed by atoms with Crippen molar-refractivity contribution in [3.63, 3.8) is 0 Å². The van der Waals surface area contributed by atoms with E-state index in [1.165, 1.54) is 6.20 Å². The summed E-state index contributed by atoms with van der Waals surface area (Å²) < 4.78 is 13.2. The minimum Gasteiger partial charge on any atom is -0.257 e. The Bertz CT molecular complexity index is 339. The van der Waals surface area contributed by atoms with Gasteiger partial charge in [-0.15, -0.1) is 0 Å². The molecule has 1 unspecified atom stereocenters. The largest absolute Gasteiger partial charge is 0.257 e. The molecule has 0 aliphatic rings. The molecular weight excluding hydrogens is 189 g/mol. The molecule has 1 heterocycles. The van der Waals surface area contributed by atoms with Gasteiger partial charge in [-0.05, 0) is 24.0 Å². The molecule has 0 N–H and O–H groups in total. The highest BCUT2D eigenvalue weighted by molar-refractivity contribution is 5.29. The topological polar surface area (TPSA) is 12.9 Å². The predicted molar refractivity (Wildman–Crippen MR) is 61.6 cm³/mol. The van der Waals surface area contributed by atoms with Gasteiger partial charge in [-0.3, -0.25) is 4.98 Å². The molecule has 0 fully saturated rings. The predicted octanol–water partition coefficient (Wildman–Crippen LogP) is 4.03. The highest BCUT2D eigenvalue weighted by atomic mass is 19.1. The van der Waals surface area contributed by atoms with Gasteiger partial charge in [0.2, 0.25) is 0 Å². The van der Waals surface area contributed by atoms with Gasteiger partial charge in [0.1, 0.15) is 5.82 Å². The van der Waals surface area contributed by atoms with E-state index in [2.05, 4.69) is 39.6 Å². The van der Waals surface area contributed by atoms with Crippen LogP contribution < -0.4 is 0 Å². The lowest BCUT2D eigenvalue weighted by molar-refractivity contribution is 0.536. The van der Waals surface area contributed by atoms with Crippen LogP contribution in [-0.2, 0) is 5.41 Å². The van der Waals surface area contributed by atoms with Gasteiger partial charge in [0, 0.05) is 11.1 Å². The molecule has 0 aliphatic heterocycles. The van der Waals surface area contributed by atoms with Crippen LogP contribution >= 0.6 is 0 Å². The number of rotatable bonds is 2. The molecule has 1 aromatic heterocycles. The second-order valence-corrected chi connectivity index (χ2v) is 5.15. The van der Waals surface area contributed by atoms with Crippen LogP contribution in [0.2, 0.25) is 0 Å². The summed E-state index contributed by atoms with van der Waals surface area (Å²) in [5, 5.41) is 0. The van der Waals surface area contributed by atoms with E-state index in [1.807, 2.05) is 0 Å². The van der Waals surface area contributed by atoms with Crippen molar-refractivity contribution in [2.75, 3.05) is 0 Å². The Morgan fingerprint density at radius 2 is 2.00 bits per heavy atom. The number of halogens is 1. The van der Waals surface area contributed by atoms with Gasteiger partial charge < -0.3 is 0 Å². The van der Waals surface area contributed by atoms with Crippen molar-refractivity contribution in [2.24, 2.45) is 0 Å². The van der Waals surface area contributed by atoms with Crippen molar-refractivity contribution in [3.05, 3.63) is 29.3 Å². The van der Waals surface area contributed by atoms with Crippen LogP contribution in [0.15, 0.2) is 12.3 Å². The molecular formula is C13H20FN. The first-order valence-corrected chi connectivity index (χ1v) is 5.52. The Labute approximate surface area is 91.7 Å². The van der Waals surface area contributed by atoms with E-state index in [0.29, 0.717) is 5.92 Å². The second kappa shape index (κ2) is 4.30. The highest BCUT2D eigenvalue weighted by Gasteiger charge is 2.22. The Hall–Kier alpha value is -0.920. The van der Waals surface area contributed by atoms with Gasteiger partial charge in [0.05, 0.1) is 6.20 Å². The summed E-state index contributed by atoms with van der Waals surface area (Å²) in [6.07, 6.45) is 2.32. The standard InChI is InChI=1S/C13H20FN/c1-6-9(2)11-7-10(14)8-15-12(11)13(3,4)5/h7-9H,6H2,1-5H3. The summed E-state index contributed by atoms with van der Waals surface area (Å²) >= 11 is 0. The molecule has 0 aliphatic carbocycles. The molecule has 84 valence electrons. The smallest absolute Gasteiger partial charge is 0.141 e. The zero-order chi connectivity index (χ0) is 11.6. The van der Waals surface area contributed by atoms with E-state index in [9.17, 15) is 4.39 Å². The molecule has 2 heteroatoms. The summed E-state index contributed by atoms with van der Waals surface area (Å²) in [6.45, 7) is 10.6. The fourth-order valence-electron chi connectivity index (χ4n) is 1.68. The van der Waals surface area contributed by atoms with E-state index >= 15 is 0 Å². The van der Waals surface area contributed by atoms with Crippen LogP contribution in [-0.4, -0.2) is 4.98 Å². The Morgan fingerprint density at radius 3 is 2.47 bits per heavy atom. The second-order valence-electron chi connectivity index (χ2n) is 5.15. The summed E-state index contributed by atoms with van der Waals surface area (Å²) in [7, 11) is 0. The van der Waals surface area contributed by atoms with Crippen LogP contribution in [0.4, 0.5) is 4.39 Å². The molecule has 1 aromatic rings. The van der Waals surface area contributed by atoms with Crippen molar-refractivity contribution in [2.45, 2.75) is 52.4 Å². The number of nitrogens with zero attached hydrogens (tertiary/aromatic N) is 1. The molecule has 0 saturated heterocycles. The minimum atomic E-state index is -0.238. The van der Waals surface area contributed by atoms with Crippen LogP contribution in [0.5, 0.6) is 0 Å². The summed E-state index contributed by atoms with van der Waals surface area (Å²) in [5.41, 5.74) is 2.04. The monoisotopic (exact) mass is 209 g/mol. The Morgan fingerprint density at radius 1 is 1.40 bits per heavy atom. The van der Waals surface area contributed by atoms with Crippen LogP contribution in [0, 0.1) is 5.82 Å². The van der Waals surface area contributed by atoms with E-state index < -0.39 is 0 Å². The number of aromatic nitrogens is 1. The third-order valence-corrected chi connectivity index (χ3v) is 2.74. The lowest BCUT2D eigenvalue weighted by Crippen LogP contribution is -2.18. The van der Waals surface area contributed by atoms with Crippen molar-refractivity contribution in [3.8, 4) is 0 Å². The van der Waals surface area contributed by atoms with E-state index in [4.69, 9.17) is 0 Å². The average molecular weight is 209 g/mol. The SMILES string of the molecule is CCC(C)c1cc(F)cnc1C(C)(C)C. The third-order valence-electron chi connectivity index (χ3n) is 2.74. The molecule has 0 amide bonds. The van der Waals surface area contributed by atoms with Crippen molar-refractivity contribution < 1.29 is 4.39 Å². The van der Waals surface area contributed by atoms with Gasteiger partial charge in [0.15, 0.2) is 0 Å². The minimum absolute atomic E-state index is 0.0214. The fraction of sp³-hybridized carbons (Fsp3) is 0.615. The maximum atomic E-state index is 13.2. The van der Waals surface area contributed by atoms with Crippen molar-refractivity contribution >= 4 is 0 Å². The lowest BCUT2D eigenvalue weighted by atomic mass is 9.84. The maximum absolute atomic E-state index is 13.2. The molecule has 0 saturated carbocycles. The molecule has 1 atom stereocenters. The fourth-order valence-corrected chi connectivity index (χ4v) is 1.68. The molecule has 1 nitrogen and oxygen atoms in total. The van der Waals surface area contributed by atoms with Crippen LogP contribution in [0.25, 0.3) is 0 Å². The molecule has 0 bridgehead atoms. The molecule has 0 aromatic carbocycles. The van der Waals surface area contributed by atoms with Crippen molar-refractivity contribution in [1.82, 2.24) is 4.98 Å². The molecule has 1 rings (SSSR count). The lowest BCUT2D eigenvalue weighted by Gasteiger charge is -2.24. The Balaban J connectivity index is 3.27. The van der Waals surface area contributed by atoms with Gasteiger partial charge in [-0.2, -0.15) is 0 Å². The normalized spacial score (nSPS) is 14.0. The summed E-state index contributed by atoms with van der Waals surface area (Å²) in [4.78, 5) is 4.24. The van der Waals surface area contributed by atoms with Crippen molar-refractivity contribution in [1.29, 1.82) is 0 Å². The number of hydrogen-bond donors (Lipinski definition) is 0. The Kier molecular flexibility index (Phi) is 3.48. The molecule has 0 spiro atoms. The summed E-state index contributed by atoms with van der Waals surface area (Å²) in [5.74, 6) is 0.126. The third kappa shape index (κ3) is 2.77. The van der Waals surface area contributed by atoms with Gasteiger partial charge in [-0.1, -0.05) is 34.6 Å². The van der Waals surface area contributed by atoms with Crippen LogP contribution in [0.3, 0.4) is 0 Å². The van der Waals surface area contributed by atoms with Gasteiger partial charge in [-0.25, -0.2) is 4.39 Å². The zero-order valence-electron chi connectivity index (χ0n) is 10.3.